The van der Waals surface area contributed by atoms with Crippen molar-refractivity contribution in [1.29, 1.82) is 0 Å². The van der Waals surface area contributed by atoms with Crippen LogP contribution in [-0.2, 0) is 4.74 Å². The second-order valence-electron chi connectivity index (χ2n) is 4.15. The third-order valence-corrected chi connectivity index (χ3v) is 3.11. The lowest BCUT2D eigenvalue weighted by Gasteiger charge is -2.29. The molecule has 0 bridgehead atoms. The highest BCUT2D eigenvalue weighted by Gasteiger charge is 2.29. The molecule has 1 rings (SSSR count). The number of aliphatic hydroxyl groups is 1. The second kappa shape index (κ2) is 5.52. The monoisotopic (exact) mass is 198 g/mol. The normalized spacial score (nSPS) is 22.4. The predicted octanol–water partition coefficient (Wildman–Crippen LogP) is 2.66. The first kappa shape index (κ1) is 11.7. The molecule has 2 heteroatoms. The van der Waals surface area contributed by atoms with Gasteiger partial charge in [-0.1, -0.05) is 19.4 Å². The number of allylic oxidation sites excluding steroid dienone is 1. The van der Waals surface area contributed by atoms with Crippen molar-refractivity contribution in [2.45, 2.75) is 51.0 Å². The SMILES string of the molecule is CCC(O)(COC)C1=CCCCCC1. The Morgan fingerprint density at radius 3 is 2.86 bits per heavy atom. The van der Waals surface area contributed by atoms with Crippen LogP contribution in [0.5, 0.6) is 0 Å². The summed E-state index contributed by atoms with van der Waals surface area (Å²) in [5.41, 5.74) is 0.485. The first-order valence-electron chi connectivity index (χ1n) is 5.64. The average Bonchev–Trinajstić information content (AvgIpc) is 2.46. The first-order chi connectivity index (χ1) is 6.73. The van der Waals surface area contributed by atoms with Gasteiger partial charge in [-0.3, -0.25) is 0 Å². The summed E-state index contributed by atoms with van der Waals surface area (Å²) in [6, 6.07) is 0. The summed E-state index contributed by atoms with van der Waals surface area (Å²) in [4.78, 5) is 0. The molecule has 0 saturated heterocycles. The molecule has 1 aliphatic rings. The third kappa shape index (κ3) is 2.82. The Labute approximate surface area is 87.0 Å². The molecule has 0 saturated carbocycles. The van der Waals surface area contributed by atoms with Crippen LogP contribution in [0.3, 0.4) is 0 Å². The highest BCUT2D eigenvalue weighted by Crippen LogP contribution is 2.29. The number of rotatable bonds is 4. The van der Waals surface area contributed by atoms with Gasteiger partial charge in [0.15, 0.2) is 0 Å². The molecule has 82 valence electrons. The number of ether oxygens (including phenoxy) is 1. The molecular formula is C12H22O2. The van der Waals surface area contributed by atoms with Crippen molar-refractivity contribution in [2.75, 3.05) is 13.7 Å². The van der Waals surface area contributed by atoms with Crippen LogP contribution in [0.15, 0.2) is 11.6 Å². The largest absolute Gasteiger partial charge is 0.383 e. The molecule has 1 atom stereocenters. The minimum atomic E-state index is -0.709. The molecule has 1 N–H and O–H groups in total. The van der Waals surface area contributed by atoms with E-state index in [-0.39, 0.29) is 0 Å². The van der Waals surface area contributed by atoms with Crippen molar-refractivity contribution in [3.8, 4) is 0 Å². The maximum absolute atomic E-state index is 10.4. The molecule has 1 unspecified atom stereocenters. The minimum absolute atomic E-state index is 0.426. The smallest absolute Gasteiger partial charge is 0.109 e. The van der Waals surface area contributed by atoms with Gasteiger partial charge in [0.2, 0.25) is 0 Å². The van der Waals surface area contributed by atoms with Crippen molar-refractivity contribution < 1.29 is 9.84 Å². The van der Waals surface area contributed by atoms with E-state index in [1.54, 1.807) is 7.11 Å². The van der Waals surface area contributed by atoms with Gasteiger partial charge in [0.05, 0.1) is 6.61 Å². The van der Waals surface area contributed by atoms with E-state index in [0.717, 1.165) is 19.3 Å². The van der Waals surface area contributed by atoms with E-state index in [9.17, 15) is 5.11 Å². The van der Waals surface area contributed by atoms with Crippen LogP contribution in [0.1, 0.15) is 45.4 Å². The lowest BCUT2D eigenvalue weighted by molar-refractivity contribution is -0.00776. The first-order valence-corrected chi connectivity index (χ1v) is 5.64. The van der Waals surface area contributed by atoms with E-state index in [1.807, 2.05) is 6.92 Å². The third-order valence-electron chi connectivity index (χ3n) is 3.11. The molecule has 0 spiro atoms. The summed E-state index contributed by atoms with van der Waals surface area (Å²) in [5, 5.41) is 10.4. The van der Waals surface area contributed by atoms with Gasteiger partial charge in [0.25, 0.3) is 0 Å². The Morgan fingerprint density at radius 2 is 2.21 bits per heavy atom. The van der Waals surface area contributed by atoms with Gasteiger partial charge < -0.3 is 9.84 Å². The van der Waals surface area contributed by atoms with Crippen molar-refractivity contribution in [3.05, 3.63) is 11.6 Å². The summed E-state index contributed by atoms with van der Waals surface area (Å²) in [7, 11) is 1.65. The molecule has 0 fully saturated rings. The van der Waals surface area contributed by atoms with Gasteiger partial charge in [-0.15, -0.1) is 0 Å². The van der Waals surface area contributed by atoms with E-state index in [1.165, 1.54) is 24.8 Å². The standard InChI is InChI=1S/C12H22O2/c1-3-12(13,10-14-2)11-8-6-4-5-7-9-11/h8,13H,3-7,9-10H2,1-2H3. The molecule has 0 amide bonds. The Hall–Kier alpha value is -0.340. The zero-order valence-corrected chi connectivity index (χ0v) is 9.38. The summed E-state index contributed by atoms with van der Waals surface area (Å²) in [5.74, 6) is 0. The zero-order valence-electron chi connectivity index (χ0n) is 9.38. The minimum Gasteiger partial charge on any atom is -0.383 e. The molecule has 1 aliphatic carbocycles. The predicted molar refractivity (Wildman–Crippen MR) is 58.3 cm³/mol. The highest BCUT2D eigenvalue weighted by molar-refractivity contribution is 5.17. The molecule has 2 nitrogen and oxygen atoms in total. The van der Waals surface area contributed by atoms with Crippen molar-refractivity contribution in [3.63, 3.8) is 0 Å². The fraction of sp³-hybridized carbons (Fsp3) is 0.833. The molecule has 0 aromatic carbocycles. The summed E-state index contributed by atoms with van der Waals surface area (Å²) < 4.78 is 5.10. The maximum atomic E-state index is 10.4. The van der Waals surface area contributed by atoms with Gasteiger partial charge in [0, 0.05) is 7.11 Å². The molecule has 0 radical (unpaired) electrons. The summed E-state index contributed by atoms with van der Waals surface area (Å²) in [6.07, 6.45) is 8.86. The molecule has 0 heterocycles. The molecule has 0 aromatic rings. The van der Waals surface area contributed by atoms with Gasteiger partial charge in [-0.05, 0) is 37.7 Å². The Balaban J connectivity index is 2.70. The topological polar surface area (TPSA) is 29.5 Å². The van der Waals surface area contributed by atoms with Crippen molar-refractivity contribution in [2.24, 2.45) is 0 Å². The number of hydrogen-bond acceptors (Lipinski definition) is 2. The van der Waals surface area contributed by atoms with Gasteiger partial charge in [0.1, 0.15) is 5.60 Å². The maximum Gasteiger partial charge on any atom is 0.109 e. The van der Waals surface area contributed by atoms with Crippen LogP contribution >= 0.6 is 0 Å². The van der Waals surface area contributed by atoms with Crippen molar-refractivity contribution in [1.82, 2.24) is 0 Å². The lowest BCUT2D eigenvalue weighted by Crippen LogP contribution is -2.35. The molecular weight excluding hydrogens is 176 g/mol. The number of methoxy groups -OCH3 is 1. The zero-order chi connectivity index (χ0) is 10.4. The fourth-order valence-electron chi connectivity index (χ4n) is 2.10. The van der Waals surface area contributed by atoms with Gasteiger partial charge in [-0.2, -0.15) is 0 Å². The lowest BCUT2D eigenvalue weighted by atomic mass is 9.88. The quantitative estimate of drug-likeness (QED) is 0.704. The van der Waals surface area contributed by atoms with Crippen LogP contribution in [-0.4, -0.2) is 24.4 Å². The van der Waals surface area contributed by atoms with Gasteiger partial charge >= 0.3 is 0 Å². The highest BCUT2D eigenvalue weighted by atomic mass is 16.5. The molecule has 0 aromatic heterocycles. The van der Waals surface area contributed by atoms with E-state index in [0.29, 0.717) is 6.61 Å². The van der Waals surface area contributed by atoms with Crippen LogP contribution in [0.25, 0.3) is 0 Å². The van der Waals surface area contributed by atoms with Crippen LogP contribution < -0.4 is 0 Å². The number of hydrogen-bond donors (Lipinski definition) is 1. The molecule has 0 aliphatic heterocycles. The van der Waals surface area contributed by atoms with Crippen molar-refractivity contribution >= 4 is 0 Å². The Bertz CT molecular complexity index is 198. The van der Waals surface area contributed by atoms with Crippen LogP contribution in [0.4, 0.5) is 0 Å². The van der Waals surface area contributed by atoms with Crippen LogP contribution in [0.2, 0.25) is 0 Å². The fourth-order valence-corrected chi connectivity index (χ4v) is 2.10. The Morgan fingerprint density at radius 1 is 1.43 bits per heavy atom. The summed E-state index contributed by atoms with van der Waals surface area (Å²) >= 11 is 0. The average molecular weight is 198 g/mol. The Kier molecular flexibility index (Phi) is 4.63. The van der Waals surface area contributed by atoms with E-state index in [2.05, 4.69) is 6.08 Å². The van der Waals surface area contributed by atoms with Crippen LogP contribution in [0, 0.1) is 0 Å². The summed E-state index contributed by atoms with van der Waals surface area (Å²) in [6.45, 7) is 2.44. The van der Waals surface area contributed by atoms with E-state index in [4.69, 9.17) is 4.74 Å². The molecule has 14 heavy (non-hydrogen) atoms. The van der Waals surface area contributed by atoms with Gasteiger partial charge in [-0.25, -0.2) is 0 Å². The van der Waals surface area contributed by atoms with E-state index >= 15 is 0 Å². The second-order valence-corrected chi connectivity index (χ2v) is 4.15. The van der Waals surface area contributed by atoms with E-state index < -0.39 is 5.60 Å².